The number of ketones is 1. The lowest BCUT2D eigenvalue weighted by Crippen LogP contribution is -2.38. The number of amides is 1. The molecule has 0 saturated carbocycles. The minimum Gasteiger partial charge on any atom is -0.507 e. The number of aliphatic hydroxyl groups is 1. The standard InChI is InChI=1S/C30H38N2O6/c1-4-7-8-17-36-23-12-9-21(10-13-23)27-26(29(34)30(35)32(27)16-15-31(5-2)6-3)28(33)22-11-14-24-25(20-22)38-19-18-37-24/h9-14,20,27,33H,4-8,15-19H2,1-3H3/t27-/m1/s1. The van der Waals surface area contributed by atoms with Gasteiger partial charge in [0.05, 0.1) is 18.2 Å². The number of fused-ring (bicyclic) bond motifs is 1. The molecular weight excluding hydrogens is 484 g/mol. The number of rotatable bonds is 12. The maximum atomic E-state index is 13.4. The lowest BCUT2D eigenvalue weighted by atomic mass is 9.95. The Hall–Kier alpha value is -3.52. The smallest absolute Gasteiger partial charge is 0.295 e. The van der Waals surface area contributed by atoms with Crippen LogP contribution in [-0.2, 0) is 9.59 Å². The third-order valence-electron chi connectivity index (χ3n) is 7.12. The van der Waals surface area contributed by atoms with E-state index in [0.717, 1.165) is 43.7 Å². The minimum absolute atomic E-state index is 0.0721. The highest BCUT2D eigenvalue weighted by Gasteiger charge is 2.46. The molecule has 2 aliphatic heterocycles. The summed E-state index contributed by atoms with van der Waals surface area (Å²) in [4.78, 5) is 30.4. The van der Waals surface area contributed by atoms with E-state index in [-0.39, 0.29) is 11.3 Å². The van der Waals surface area contributed by atoms with Crippen LogP contribution in [0.4, 0.5) is 0 Å². The van der Waals surface area contributed by atoms with Gasteiger partial charge in [-0.3, -0.25) is 9.59 Å². The highest BCUT2D eigenvalue weighted by atomic mass is 16.6. The first-order chi connectivity index (χ1) is 18.5. The topological polar surface area (TPSA) is 88.5 Å². The molecule has 0 spiro atoms. The molecule has 2 aromatic rings. The van der Waals surface area contributed by atoms with Crippen LogP contribution in [0, 0.1) is 0 Å². The molecule has 1 amide bonds. The number of ether oxygens (including phenoxy) is 3. The molecule has 1 atom stereocenters. The largest absolute Gasteiger partial charge is 0.507 e. The molecule has 0 unspecified atom stereocenters. The zero-order valence-electron chi connectivity index (χ0n) is 22.6. The molecule has 0 aromatic heterocycles. The lowest BCUT2D eigenvalue weighted by molar-refractivity contribution is -0.140. The van der Waals surface area contributed by atoms with E-state index >= 15 is 0 Å². The van der Waals surface area contributed by atoms with E-state index in [2.05, 4.69) is 25.7 Å². The fourth-order valence-corrected chi connectivity index (χ4v) is 4.88. The quantitative estimate of drug-likeness (QED) is 0.186. The third-order valence-corrected chi connectivity index (χ3v) is 7.12. The molecule has 0 aliphatic carbocycles. The van der Waals surface area contributed by atoms with Crippen molar-refractivity contribution in [1.29, 1.82) is 0 Å². The number of likely N-dealkylation sites (tertiary alicyclic amines) is 1. The minimum atomic E-state index is -0.715. The normalized spacial score (nSPS) is 18.3. The highest BCUT2D eigenvalue weighted by Crippen LogP contribution is 2.41. The van der Waals surface area contributed by atoms with Crippen molar-refractivity contribution in [1.82, 2.24) is 9.80 Å². The van der Waals surface area contributed by atoms with Gasteiger partial charge in [0.25, 0.3) is 11.7 Å². The number of nitrogens with zero attached hydrogens (tertiary/aromatic N) is 2. The monoisotopic (exact) mass is 522 g/mol. The van der Waals surface area contributed by atoms with E-state index in [1.54, 1.807) is 23.1 Å². The average molecular weight is 523 g/mol. The predicted molar refractivity (Wildman–Crippen MR) is 146 cm³/mol. The molecule has 1 fully saturated rings. The van der Waals surface area contributed by atoms with Crippen LogP contribution < -0.4 is 14.2 Å². The summed E-state index contributed by atoms with van der Waals surface area (Å²) in [7, 11) is 0. The maximum absolute atomic E-state index is 13.4. The molecule has 1 saturated heterocycles. The Morgan fingerprint density at radius 2 is 1.71 bits per heavy atom. The van der Waals surface area contributed by atoms with Gasteiger partial charge in [0.2, 0.25) is 0 Å². The summed E-state index contributed by atoms with van der Waals surface area (Å²) in [5, 5.41) is 11.4. The predicted octanol–water partition coefficient (Wildman–Crippen LogP) is 4.79. The number of benzene rings is 2. The molecule has 2 heterocycles. The highest BCUT2D eigenvalue weighted by molar-refractivity contribution is 6.46. The average Bonchev–Trinajstić information content (AvgIpc) is 3.20. The van der Waals surface area contributed by atoms with Crippen molar-refractivity contribution in [3.05, 3.63) is 59.2 Å². The van der Waals surface area contributed by atoms with Crippen LogP contribution in [0.1, 0.15) is 57.2 Å². The van der Waals surface area contributed by atoms with Crippen LogP contribution in [-0.4, -0.2) is 72.6 Å². The second-order valence-electron chi connectivity index (χ2n) is 9.50. The fourth-order valence-electron chi connectivity index (χ4n) is 4.88. The number of unbranched alkanes of at least 4 members (excludes halogenated alkanes) is 2. The molecule has 0 bridgehead atoms. The molecule has 38 heavy (non-hydrogen) atoms. The molecule has 0 radical (unpaired) electrons. The summed E-state index contributed by atoms with van der Waals surface area (Å²) in [6.45, 7) is 10.4. The molecule has 1 N–H and O–H groups in total. The SMILES string of the molecule is CCCCCOc1ccc([C@@H]2C(=C(O)c3ccc4c(c3)OCCO4)C(=O)C(=O)N2CCN(CC)CC)cc1. The van der Waals surface area contributed by atoms with E-state index in [1.807, 2.05) is 24.3 Å². The maximum Gasteiger partial charge on any atom is 0.295 e. The first-order valence-corrected chi connectivity index (χ1v) is 13.6. The van der Waals surface area contributed by atoms with Crippen LogP contribution in [0.15, 0.2) is 48.0 Å². The van der Waals surface area contributed by atoms with Gasteiger partial charge in [0.1, 0.15) is 24.7 Å². The van der Waals surface area contributed by atoms with Crippen molar-refractivity contribution in [3.8, 4) is 17.2 Å². The van der Waals surface area contributed by atoms with Gasteiger partial charge in [-0.25, -0.2) is 0 Å². The van der Waals surface area contributed by atoms with Crippen LogP contribution in [0.2, 0.25) is 0 Å². The van der Waals surface area contributed by atoms with Crippen molar-refractivity contribution in [3.63, 3.8) is 0 Å². The molecule has 2 aromatic carbocycles. The van der Waals surface area contributed by atoms with Crippen molar-refractivity contribution in [2.75, 3.05) is 46.0 Å². The number of Topliss-reactive ketones (excluding diaryl/α,β-unsaturated/α-hetero) is 1. The number of carbonyl (C=O) groups excluding carboxylic acids is 2. The number of carbonyl (C=O) groups is 2. The lowest BCUT2D eigenvalue weighted by Gasteiger charge is -2.28. The van der Waals surface area contributed by atoms with Crippen LogP contribution in [0.3, 0.4) is 0 Å². The van der Waals surface area contributed by atoms with Gasteiger partial charge in [-0.2, -0.15) is 0 Å². The van der Waals surface area contributed by atoms with E-state index < -0.39 is 17.7 Å². The number of hydrogen-bond acceptors (Lipinski definition) is 7. The van der Waals surface area contributed by atoms with Gasteiger partial charge in [-0.05, 0) is 55.4 Å². The Morgan fingerprint density at radius 1 is 1.00 bits per heavy atom. The zero-order chi connectivity index (χ0) is 27.1. The molecule has 2 aliphatic rings. The summed E-state index contributed by atoms with van der Waals surface area (Å²) in [6.07, 6.45) is 3.22. The van der Waals surface area contributed by atoms with Gasteiger partial charge >= 0.3 is 0 Å². The van der Waals surface area contributed by atoms with Crippen molar-refractivity contribution in [2.45, 2.75) is 46.1 Å². The number of likely N-dealkylation sites (N-methyl/N-ethyl adjacent to an activating group) is 1. The Bertz CT molecular complexity index is 1160. The first-order valence-electron chi connectivity index (χ1n) is 13.6. The van der Waals surface area contributed by atoms with Gasteiger partial charge in [0.15, 0.2) is 11.5 Å². The Morgan fingerprint density at radius 3 is 2.39 bits per heavy atom. The molecule has 4 rings (SSSR count). The van der Waals surface area contributed by atoms with E-state index in [4.69, 9.17) is 14.2 Å². The Kier molecular flexibility index (Phi) is 9.29. The summed E-state index contributed by atoms with van der Waals surface area (Å²) < 4.78 is 17.1. The van der Waals surface area contributed by atoms with Crippen molar-refractivity contribution < 1.29 is 28.9 Å². The third kappa shape index (κ3) is 5.96. The summed E-state index contributed by atoms with van der Waals surface area (Å²) >= 11 is 0. The van der Waals surface area contributed by atoms with Crippen molar-refractivity contribution >= 4 is 17.4 Å². The summed E-state index contributed by atoms with van der Waals surface area (Å²) in [5.74, 6) is 0.283. The Labute approximate surface area is 224 Å². The van der Waals surface area contributed by atoms with E-state index in [1.165, 1.54) is 0 Å². The molecule has 8 nitrogen and oxygen atoms in total. The van der Waals surface area contributed by atoms with Crippen LogP contribution in [0.5, 0.6) is 17.2 Å². The van der Waals surface area contributed by atoms with Gasteiger partial charge < -0.3 is 29.1 Å². The fraction of sp³-hybridized carbons (Fsp3) is 0.467. The molecule has 8 heteroatoms. The van der Waals surface area contributed by atoms with Gasteiger partial charge in [-0.15, -0.1) is 0 Å². The van der Waals surface area contributed by atoms with Crippen LogP contribution >= 0.6 is 0 Å². The number of aliphatic hydroxyl groups excluding tert-OH is 1. The Balaban J connectivity index is 1.69. The van der Waals surface area contributed by atoms with Crippen LogP contribution in [0.25, 0.3) is 5.76 Å². The molecule has 204 valence electrons. The van der Waals surface area contributed by atoms with E-state index in [9.17, 15) is 14.7 Å². The van der Waals surface area contributed by atoms with Gasteiger partial charge in [0, 0.05) is 18.7 Å². The zero-order valence-corrected chi connectivity index (χ0v) is 22.6. The van der Waals surface area contributed by atoms with Crippen molar-refractivity contribution in [2.24, 2.45) is 0 Å². The summed E-state index contributed by atoms with van der Waals surface area (Å²) in [6, 6.07) is 11.8. The molecular formula is C30H38N2O6. The van der Waals surface area contributed by atoms with E-state index in [0.29, 0.717) is 50.0 Å². The second kappa shape index (κ2) is 12.8. The summed E-state index contributed by atoms with van der Waals surface area (Å²) in [5.41, 5.74) is 1.21. The van der Waals surface area contributed by atoms with Gasteiger partial charge in [-0.1, -0.05) is 45.7 Å². The number of hydrogen-bond donors (Lipinski definition) is 1. The first kappa shape index (κ1) is 27.5. The second-order valence-corrected chi connectivity index (χ2v) is 9.50.